The van der Waals surface area contributed by atoms with Crippen LogP contribution in [0.15, 0.2) is 57.7 Å². The van der Waals surface area contributed by atoms with Gasteiger partial charge in [-0.2, -0.15) is 0 Å². The highest BCUT2D eigenvalue weighted by molar-refractivity contribution is 7.15. The number of amides is 1. The maximum atomic E-state index is 13.3. The molecule has 0 aliphatic heterocycles. The van der Waals surface area contributed by atoms with Gasteiger partial charge in [-0.1, -0.05) is 54.1 Å². The van der Waals surface area contributed by atoms with E-state index >= 15 is 0 Å². The number of carbonyl (C=O) groups is 1. The molecule has 8 nitrogen and oxygen atoms in total. The van der Waals surface area contributed by atoms with Gasteiger partial charge in [0.05, 0.1) is 10.4 Å². The van der Waals surface area contributed by atoms with Crippen molar-refractivity contribution in [3.8, 4) is 17.1 Å². The highest BCUT2D eigenvalue weighted by atomic mass is 35.5. The van der Waals surface area contributed by atoms with Gasteiger partial charge >= 0.3 is 0 Å². The van der Waals surface area contributed by atoms with E-state index in [2.05, 4.69) is 15.5 Å². The van der Waals surface area contributed by atoms with Crippen LogP contribution in [-0.2, 0) is 16.1 Å². The van der Waals surface area contributed by atoms with Crippen LogP contribution in [-0.4, -0.2) is 29.3 Å². The molecule has 0 saturated carbocycles. The Balaban J connectivity index is 1.72. The number of rotatable bonds is 8. The predicted octanol–water partition coefficient (Wildman–Crippen LogP) is 4.91. The summed E-state index contributed by atoms with van der Waals surface area (Å²) in [4.78, 5) is 26.3. The molecule has 2 aromatic carbocycles. The minimum absolute atomic E-state index is 0.0823. The van der Waals surface area contributed by atoms with Gasteiger partial charge in [0.1, 0.15) is 17.2 Å². The Bertz CT molecular complexity index is 1350. The molecule has 10 heteroatoms. The summed E-state index contributed by atoms with van der Waals surface area (Å²) in [6, 6.07) is 13.8. The molecular weight excluding hydrogens is 466 g/mol. The maximum Gasteiger partial charge on any atom is 0.267 e. The van der Waals surface area contributed by atoms with Gasteiger partial charge in [0.15, 0.2) is 11.9 Å². The highest BCUT2D eigenvalue weighted by Gasteiger charge is 2.26. The van der Waals surface area contributed by atoms with Crippen molar-refractivity contribution in [3.63, 3.8) is 0 Å². The molecule has 1 unspecified atom stereocenters. The fraction of sp³-hybridized carbons (Fsp3) is 0.217. The van der Waals surface area contributed by atoms with Crippen LogP contribution >= 0.6 is 22.9 Å². The molecule has 1 N–H and O–H groups in total. The molecule has 0 spiro atoms. The van der Waals surface area contributed by atoms with Gasteiger partial charge in [0.2, 0.25) is 16.3 Å². The number of methoxy groups -OCH3 is 1. The molecule has 2 aromatic heterocycles. The second-order valence-electron chi connectivity index (χ2n) is 7.00. The maximum absolute atomic E-state index is 13.3. The Labute approximate surface area is 198 Å². The Morgan fingerprint density at radius 2 is 1.94 bits per heavy atom. The number of benzene rings is 2. The molecule has 0 fully saturated rings. The van der Waals surface area contributed by atoms with Crippen molar-refractivity contribution < 1.29 is 18.7 Å². The van der Waals surface area contributed by atoms with Crippen molar-refractivity contribution in [2.24, 2.45) is 0 Å². The van der Waals surface area contributed by atoms with E-state index in [9.17, 15) is 9.59 Å². The fourth-order valence-corrected chi connectivity index (χ4v) is 4.13. The molecule has 1 atom stereocenters. The van der Waals surface area contributed by atoms with Crippen LogP contribution in [0.2, 0.25) is 5.02 Å². The molecule has 0 aliphatic carbocycles. The fourth-order valence-electron chi connectivity index (χ4n) is 3.19. The van der Waals surface area contributed by atoms with Gasteiger partial charge in [-0.25, -0.2) is 0 Å². The van der Waals surface area contributed by atoms with E-state index in [0.717, 1.165) is 0 Å². The first-order chi connectivity index (χ1) is 16.0. The zero-order chi connectivity index (χ0) is 23.4. The summed E-state index contributed by atoms with van der Waals surface area (Å²) in [6.07, 6.45) is -0.686. The largest absolute Gasteiger partial charge is 0.473 e. The van der Waals surface area contributed by atoms with Crippen molar-refractivity contribution in [2.75, 3.05) is 12.4 Å². The average molecular weight is 486 g/mol. The molecule has 170 valence electrons. The first-order valence-corrected chi connectivity index (χ1v) is 11.3. The number of nitrogens with zero attached hydrogens (tertiary/aromatic N) is 2. The number of carbonyl (C=O) groups excluding carboxylic acids is 1. The van der Waals surface area contributed by atoms with E-state index in [4.69, 9.17) is 25.5 Å². The molecule has 0 radical (unpaired) electrons. The van der Waals surface area contributed by atoms with E-state index in [0.29, 0.717) is 44.7 Å². The van der Waals surface area contributed by atoms with Gasteiger partial charge < -0.3 is 13.9 Å². The number of halogens is 1. The summed E-state index contributed by atoms with van der Waals surface area (Å²) in [6.45, 7) is 2.07. The molecule has 33 heavy (non-hydrogen) atoms. The lowest BCUT2D eigenvalue weighted by Crippen LogP contribution is -2.34. The van der Waals surface area contributed by atoms with Gasteiger partial charge in [0, 0.05) is 12.7 Å². The van der Waals surface area contributed by atoms with Crippen LogP contribution in [0.4, 0.5) is 5.13 Å². The first kappa shape index (κ1) is 22.9. The summed E-state index contributed by atoms with van der Waals surface area (Å²) in [5.74, 6) is -0.384. The van der Waals surface area contributed by atoms with E-state index in [1.165, 1.54) is 11.3 Å². The molecule has 4 rings (SSSR count). The summed E-state index contributed by atoms with van der Waals surface area (Å²) < 4.78 is 17.0. The second-order valence-corrected chi connectivity index (χ2v) is 8.47. The lowest BCUT2D eigenvalue weighted by atomic mass is 10.1. The summed E-state index contributed by atoms with van der Waals surface area (Å²) >= 11 is 7.58. The Morgan fingerprint density at radius 1 is 1.18 bits per heavy atom. The van der Waals surface area contributed by atoms with E-state index in [1.807, 2.05) is 0 Å². The number of hydrogen-bond donors (Lipinski definition) is 1. The minimum atomic E-state index is -0.981. The van der Waals surface area contributed by atoms with Crippen molar-refractivity contribution >= 4 is 44.9 Å². The van der Waals surface area contributed by atoms with E-state index in [-0.39, 0.29) is 11.5 Å². The number of aromatic nitrogens is 2. The van der Waals surface area contributed by atoms with Crippen molar-refractivity contribution in [2.45, 2.75) is 26.1 Å². The summed E-state index contributed by atoms with van der Waals surface area (Å²) in [5, 5.41) is 12.2. The summed E-state index contributed by atoms with van der Waals surface area (Å²) in [7, 11) is 1.55. The van der Waals surface area contributed by atoms with Crippen LogP contribution in [0.1, 0.15) is 18.4 Å². The third-order valence-corrected chi connectivity index (χ3v) is 5.90. The number of nitrogens with one attached hydrogen (secondary N) is 1. The number of ether oxygens (including phenoxy) is 2. The van der Waals surface area contributed by atoms with Crippen LogP contribution in [0.3, 0.4) is 0 Å². The van der Waals surface area contributed by atoms with Crippen LogP contribution < -0.4 is 15.5 Å². The zero-order valence-corrected chi connectivity index (χ0v) is 19.4. The van der Waals surface area contributed by atoms with E-state index < -0.39 is 17.4 Å². The predicted molar refractivity (Wildman–Crippen MR) is 127 cm³/mol. The zero-order valence-electron chi connectivity index (χ0n) is 17.8. The molecule has 0 saturated heterocycles. The number of anilines is 1. The SMILES string of the molecule is CCC(Oc1c(-c2ccccc2Cl)oc2ccccc2c1=O)C(=O)Nc1nnc(COC)s1. The molecule has 1 amide bonds. The van der Waals surface area contributed by atoms with Gasteiger partial charge in [-0.05, 0) is 30.7 Å². The molecule has 4 aromatic rings. The highest BCUT2D eigenvalue weighted by Crippen LogP contribution is 2.35. The third kappa shape index (κ3) is 4.90. The van der Waals surface area contributed by atoms with Crippen molar-refractivity contribution in [1.82, 2.24) is 10.2 Å². The Morgan fingerprint density at radius 3 is 2.70 bits per heavy atom. The molecular formula is C23H20ClN3O5S. The first-order valence-electron chi connectivity index (χ1n) is 10.1. The monoisotopic (exact) mass is 485 g/mol. The Kier molecular flexibility index (Phi) is 7.02. The van der Waals surface area contributed by atoms with Crippen LogP contribution in [0.25, 0.3) is 22.3 Å². The number of para-hydroxylation sites is 1. The lowest BCUT2D eigenvalue weighted by molar-refractivity contribution is -0.122. The quantitative estimate of drug-likeness (QED) is 0.378. The molecule has 0 aliphatic rings. The lowest BCUT2D eigenvalue weighted by Gasteiger charge is -2.18. The van der Waals surface area contributed by atoms with Crippen molar-refractivity contribution in [1.29, 1.82) is 0 Å². The van der Waals surface area contributed by atoms with Gasteiger partial charge in [-0.3, -0.25) is 14.9 Å². The average Bonchev–Trinajstić information content (AvgIpc) is 3.26. The van der Waals surface area contributed by atoms with Crippen molar-refractivity contribution in [3.05, 3.63) is 68.8 Å². The topological polar surface area (TPSA) is 104 Å². The molecule has 2 heterocycles. The molecule has 0 bridgehead atoms. The van der Waals surface area contributed by atoms with Crippen LogP contribution in [0.5, 0.6) is 5.75 Å². The number of fused-ring (bicyclic) bond motifs is 1. The minimum Gasteiger partial charge on any atom is -0.473 e. The van der Waals surface area contributed by atoms with Gasteiger partial charge in [-0.15, -0.1) is 10.2 Å². The van der Waals surface area contributed by atoms with Crippen LogP contribution in [0, 0.1) is 0 Å². The van der Waals surface area contributed by atoms with E-state index in [1.54, 1.807) is 62.6 Å². The Hall–Kier alpha value is -3.27. The third-order valence-electron chi connectivity index (χ3n) is 4.76. The normalized spacial score (nSPS) is 12.0. The summed E-state index contributed by atoms with van der Waals surface area (Å²) in [5.41, 5.74) is 0.485. The standard InChI is InChI=1S/C23H20ClN3O5S/c1-3-16(22(29)25-23-27-26-18(33-23)12-30-2)31-21-19(28)14-9-5-7-11-17(14)32-20(21)13-8-4-6-10-15(13)24/h4-11,16H,3,12H2,1-2H3,(H,25,27,29). The smallest absolute Gasteiger partial charge is 0.267 e. The van der Waals surface area contributed by atoms with Gasteiger partial charge in [0.25, 0.3) is 5.91 Å². The second kappa shape index (κ2) is 10.1. The number of hydrogen-bond acceptors (Lipinski definition) is 8.